The Kier molecular flexibility index (Phi) is 19.7. The molecule has 0 radical (unpaired) electrons. The monoisotopic (exact) mass is 564 g/mol. The van der Waals surface area contributed by atoms with Gasteiger partial charge in [0.2, 0.25) is 0 Å². The largest absolute Gasteiger partial charge is 0.119 e. The van der Waals surface area contributed by atoms with Crippen LogP contribution in [0.2, 0.25) is 0 Å². The second-order valence-electron chi connectivity index (χ2n) is 13.8. The molecule has 0 aromatic heterocycles. The minimum Gasteiger partial charge on any atom is -0.119 e. The quantitative estimate of drug-likeness (QED) is 0.299. The van der Waals surface area contributed by atoms with Crippen LogP contribution in [-0.2, 0) is 0 Å². The predicted octanol–water partition coefficient (Wildman–Crippen LogP) is 13.1. The summed E-state index contributed by atoms with van der Waals surface area (Å²) >= 11 is 0. The van der Waals surface area contributed by atoms with E-state index in [4.69, 9.17) is 0 Å². The van der Waals surface area contributed by atoms with Crippen molar-refractivity contribution in [2.24, 2.45) is 11.8 Å². The molecule has 4 unspecified atom stereocenters. The van der Waals surface area contributed by atoms with Crippen molar-refractivity contribution in [1.29, 1.82) is 0 Å². The standard InChI is InChI=1S/C19H37P.C17H33P/c1-2-20-17-13-9-5-8-12-16-19(20)18-14-10-6-3-4-7-11-15-18;1-2-5-9-13-16(12-8-4-1)17-14-10-6-3-7-11-15-18-17/h18-19H,2-17H2,1H3;16-18H,1-15H2. The van der Waals surface area contributed by atoms with Gasteiger partial charge in [-0.15, -0.1) is 16.5 Å². The second-order valence-corrected chi connectivity index (χ2v) is 18.4. The van der Waals surface area contributed by atoms with E-state index in [1.807, 2.05) is 0 Å². The average molecular weight is 565 g/mol. The normalized spacial score (nSPS) is 32.0. The molecule has 4 rings (SSSR count). The average Bonchev–Trinajstić information content (AvgIpc) is 3.29. The van der Waals surface area contributed by atoms with Crippen molar-refractivity contribution in [2.45, 2.75) is 198 Å². The summed E-state index contributed by atoms with van der Waals surface area (Å²) in [5.41, 5.74) is 2.27. The molecule has 2 saturated carbocycles. The minimum atomic E-state index is 0.354. The highest BCUT2D eigenvalue weighted by atomic mass is 31.1. The zero-order chi connectivity index (χ0) is 26.5. The van der Waals surface area contributed by atoms with Crippen LogP contribution < -0.4 is 0 Å². The van der Waals surface area contributed by atoms with Crippen LogP contribution in [0, 0.1) is 11.8 Å². The predicted molar refractivity (Wildman–Crippen MR) is 179 cm³/mol. The molecule has 2 heteroatoms. The molecular weight excluding hydrogens is 494 g/mol. The number of hydrogen-bond acceptors (Lipinski definition) is 0. The highest BCUT2D eigenvalue weighted by Gasteiger charge is 2.28. The van der Waals surface area contributed by atoms with Gasteiger partial charge in [0.25, 0.3) is 0 Å². The second kappa shape index (κ2) is 22.5. The third-order valence-corrected chi connectivity index (χ3v) is 16.1. The Morgan fingerprint density at radius 3 is 1.42 bits per heavy atom. The van der Waals surface area contributed by atoms with Crippen molar-refractivity contribution < 1.29 is 0 Å². The van der Waals surface area contributed by atoms with Crippen LogP contribution in [0.4, 0.5) is 0 Å². The number of hydrogen-bond donors (Lipinski definition) is 0. The molecule has 0 amide bonds. The Hall–Kier alpha value is 0.860. The van der Waals surface area contributed by atoms with Gasteiger partial charge in [0.1, 0.15) is 0 Å². The van der Waals surface area contributed by atoms with Gasteiger partial charge in [0, 0.05) is 0 Å². The summed E-state index contributed by atoms with van der Waals surface area (Å²) in [6, 6.07) is 0. The van der Waals surface area contributed by atoms with E-state index in [0.717, 1.165) is 23.2 Å². The Bertz CT molecular complexity index is 481. The maximum Gasteiger partial charge on any atom is -0.0181 e. The maximum absolute atomic E-state index is 2.49. The van der Waals surface area contributed by atoms with Crippen LogP contribution in [0.1, 0.15) is 187 Å². The molecule has 2 heterocycles. The molecule has 4 fully saturated rings. The van der Waals surface area contributed by atoms with Gasteiger partial charge in [-0.3, -0.25) is 0 Å². The van der Waals surface area contributed by atoms with Crippen molar-refractivity contribution >= 4 is 16.5 Å². The van der Waals surface area contributed by atoms with E-state index in [-0.39, 0.29) is 0 Å². The number of rotatable bonds is 3. The van der Waals surface area contributed by atoms with Gasteiger partial charge in [-0.1, -0.05) is 135 Å². The van der Waals surface area contributed by atoms with Crippen LogP contribution in [0.5, 0.6) is 0 Å². The molecule has 4 atom stereocenters. The van der Waals surface area contributed by atoms with E-state index < -0.39 is 0 Å². The van der Waals surface area contributed by atoms with E-state index >= 15 is 0 Å². The molecule has 0 aromatic carbocycles. The molecule has 38 heavy (non-hydrogen) atoms. The fourth-order valence-electron chi connectivity index (χ4n) is 8.40. The van der Waals surface area contributed by atoms with Crippen LogP contribution in [-0.4, -0.2) is 29.8 Å². The molecule has 0 nitrogen and oxygen atoms in total. The first-order valence-corrected chi connectivity index (χ1v) is 21.4. The van der Waals surface area contributed by atoms with Crippen molar-refractivity contribution in [3.8, 4) is 0 Å². The summed E-state index contributed by atoms with van der Waals surface area (Å²) in [4.78, 5) is 0. The smallest absolute Gasteiger partial charge is 0.0181 e. The topological polar surface area (TPSA) is 0 Å². The Balaban J connectivity index is 0.000000212. The molecule has 2 aliphatic heterocycles. The van der Waals surface area contributed by atoms with Crippen molar-refractivity contribution in [2.75, 3.05) is 18.5 Å². The first-order chi connectivity index (χ1) is 18.9. The van der Waals surface area contributed by atoms with Gasteiger partial charge in [-0.05, 0) is 93.0 Å². The molecule has 224 valence electrons. The zero-order valence-corrected chi connectivity index (χ0v) is 28.1. The summed E-state index contributed by atoms with van der Waals surface area (Å²) < 4.78 is 0. The maximum atomic E-state index is 2.49. The summed E-state index contributed by atoms with van der Waals surface area (Å²) in [5.74, 6) is 2.22. The van der Waals surface area contributed by atoms with Crippen LogP contribution in [0.3, 0.4) is 0 Å². The fourth-order valence-corrected chi connectivity index (χ4v) is 13.5. The third kappa shape index (κ3) is 14.2. The van der Waals surface area contributed by atoms with Crippen molar-refractivity contribution in [3.63, 3.8) is 0 Å². The molecule has 0 spiro atoms. The van der Waals surface area contributed by atoms with Crippen LogP contribution >= 0.6 is 16.5 Å². The highest BCUT2D eigenvalue weighted by molar-refractivity contribution is 7.58. The molecular formula is C36H70P2. The Morgan fingerprint density at radius 2 is 0.868 bits per heavy atom. The summed E-state index contributed by atoms with van der Waals surface area (Å²) in [6.45, 7) is 2.49. The molecule has 4 aliphatic rings. The lowest BCUT2D eigenvalue weighted by Crippen LogP contribution is -2.21. The SMILES string of the molecule is C1CCCCC(C2CCCCCCCP2)CCC1.CCP1CCCCCCCC1C1CCCCCCCC1. The van der Waals surface area contributed by atoms with Gasteiger partial charge in [-0.2, -0.15) is 0 Å². The van der Waals surface area contributed by atoms with Crippen LogP contribution in [0.15, 0.2) is 0 Å². The van der Waals surface area contributed by atoms with Crippen molar-refractivity contribution in [1.82, 2.24) is 0 Å². The van der Waals surface area contributed by atoms with E-state index in [0.29, 0.717) is 7.92 Å². The van der Waals surface area contributed by atoms with Crippen molar-refractivity contribution in [3.05, 3.63) is 0 Å². The summed E-state index contributed by atoms with van der Waals surface area (Å²) in [5, 5.41) is 0. The van der Waals surface area contributed by atoms with Gasteiger partial charge >= 0.3 is 0 Å². The van der Waals surface area contributed by atoms with E-state index in [1.54, 1.807) is 63.7 Å². The minimum absolute atomic E-state index is 0.354. The van der Waals surface area contributed by atoms with Crippen LogP contribution in [0.25, 0.3) is 0 Å². The van der Waals surface area contributed by atoms with E-state index in [9.17, 15) is 0 Å². The fraction of sp³-hybridized carbons (Fsp3) is 1.00. The van der Waals surface area contributed by atoms with E-state index in [2.05, 4.69) is 6.92 Å². The lowest BCUT2D eigenvalue weighted by atomic mass is 9.90. The lowest BCUT2D eigenvalue weighted by Gasteiger charge is -2.34. The van der Waals surface area contributed by atoms with Gasteiger partial charge in [0.05, 0.1) is 0 Å². The third-order valence-electron chi connectivity index (χ3n) is 10.8. The molecule has 0 aromatic rings. The first-order valence-electron chi connectivity index (χ1n) is 18.4. The highest BCUT2D eigenvalue weighted by Crippen LogP contribution is 2.50. The van der Waals surface area contributed by atoms with Gasteiger partial charge in [-0.25, -0.2) is 0 Å². The first kappa shape index (κ1) is 33.4. The molecule has 2 saturated heterocycles. The van der Waals surface area contributed by atoms with E-state index in [1.165, 1.54) is 143 Å². The summed E-state index contributed by atoms with van der Waals surface area (Å²) in [7, 11) is 1.65. The molecule has 0 bridgehead atoms. The molecule has 0 N–H and O–H groups in total. The van der Waals surface area contributed by atoms with Gasteiger partial charge in [0.15, 0.2) is 0 Å². The van der Waals surface area contributed by atoms with Gasteiger partial charge < -0.3 is 0 Å². The Morgan fingerprint density at radius 1 is 0.447 bits per heavy atom. The molecule has 2 aliphatic carbocycles. The zero-order valence-electron chi connectivity index (χ0n) is 26.2. The summed E-state index contributed by atoms with van der Waals surface area (Å²) in [6.07, 6.45) is 47.7. The Labute approximate surface area is 244 Å². The lowest BCUT2D eigenvalue weighted by molar-refractivity contribution is 0.390.